The molecule has 0 radical (unpaired) electrons. The van der Waals surface area contributed by atoms with Gasteiger partial charge in [-0.25, -0.2) is 0 Å². The lowest BCUT2D eigenvalue weighted by Gasteiger charge is -2.54. The maximum atomic E-state index is 2.72. The second-order valence-corrected chi connectivity index (χ2v) is 11.0. The average Bonchev–Trinajstić information content (AvgIpc) is 2.73. The van der Waals surface area contributed by atoms with Crippen molar-refractivity contribution in [2.24, 2.45) is 11.3 Å². The maximum absolute atomic E-state index is 2.72. The predicted octanol–water partition coefficient (Wildman–Crippen LogP) is 8.36. The van der Waals surface area contributed by atoms with Crippen LogP contribution >= 0.6 is 0 Å². The molecule has 166 valence electrons. The zero-order chi connectivity index (χ0) is 22.6. The zero-order valence-corrected chi connectivity index (χ0v) is 20.6. The van der Waals surface area contributed by atoms with Crippen LogP contribution < -0.4 is 4.90 Å². The van der Waals surface area contributed by atoms with Gasteiger partial charge in [0.2, 0.25) is 0 Å². The third kappa shape index (κ3) is 3.47. The third-order valence-electron chi connectivity index (χ3n) is 7.89. The number of hydrogen-bond donors (Lipinski definition) is 0. The molecule has 1 fully saturated rings. The SMILES string of the molecule is CC1=CC(C)=C2CCN3c4ccc(-c5ccc(C)cc5)cc4C(CC(C)C)=CC3C2(C)C1. The monoisotopic (exact) mass is 423 g/mol. The molecule has 0 bridgehead atoms. The number of piperidine rings is 1. The Hall–Kier alpha value is -2.54. The van der Waals surface area contributed by atoms with Crippen LogP contribution in [0.3, 0.4) is 0 Å². The molecule has 1 heteroatoms. The van der Waals surface area contributed by atoms with Crippen molar-refractivity contribution in [2.75, 3.05) is 11.4 Å². The van der Waals surface area contributed by atoms with Crippen molar-refractivity contribution in [3.05, 3.63) is 82.5 Å². The molecule has 2 heterocycles. The van der Waals surface area contributed by atoms with E-state index in [4.69, 9.17) is 0 Å². The largest absolute Gasteiger partial charge is 0.363 e. The summed E-state index contributed by atoms with van der Waals surface area (Å²) in [5.74, 6) is 0.643. The van der Waals surface area contributed by atoms with E-state index in [0.717, 1.165) is 13.0 Å². The van der Waals surface area contributed by atoms with E-state index in [-0.39, 0.29) is 5.41 Å². The number of benzene rings is 2. The van der Waals surface area contributed by atoms with Crippen LogP contribution in [-0.4, -0.2) is 12.6 Å². The summed E-state index contributed by atoms with van der Waals surface area (Å²) < 4.78 is 0. The quantitative estimate of drug-likeness (QED) is 0.479. The molecule has 1 nitrogen and oxygen atoms in total. The average molecular weight is 424 g/mol. The van der Waals surface area contributed by atoms with Crippen molar-refractivity contribution in [3.8, 4) is 11.1 Å². The van der Waals surface area contributed by atoms with Gasteiger partial charge in [-0.3, -0.25) is 0 Å². The van der Waals surface area contributed by atoms with E-state index < -0.39 is 0 Å². The molecular formula is C31H37N. The van der Waals surface area contributed by atoms with Crippen molar-refractivity contribution in [1.29, 1.82) is 0 Å². The number of allylic oxidation sites excluding steroid dienone is 4. The van der Waals surface area contributed by atoms with Gasteiger partial charge in [0.25, 0.3) is 0 Å². The number of nitrogens with zero attached hydrogens (tertiary/aromatic N) is 1. The normalized spacial score (nSPS) is 24.6. The Kier molecular flexibility index (Phi) is 5.19. The van der Waals surface area contributed by atoms with Crippen LogP contribution in [0.5, 0.6) is 0 Å². The predicted molar refractivity (Wildman–Crippen MR) is 139 cm³/mol. The zero-order valence-electron chi connectivity index (χ0n) is 20.6. The molecule has 0 aromatic heterocycles. The van der Waals surface area contributed by atoms with E-state index in [2.05, 4.69) is 101 Å². The van der Waals surface area contributed by atoms with Gasteiger partial charge in [-0.15, -0.1) is 0 Å². The lowest BCUT2D eigenvalue weighted by Crippen LogP contribution is -2.54. The molecule has 0 spiro atoms. The summed E-state index contributed by atoms with van der Waals surface area (Å²) in [5, 5.41) is 0. The van der Waals surface area contributed by atoms with Gasteiger partial charge >= 0.3 is 0 Å². The second kappa shape index (κ2) is 7.80. The molecule has 3 aliphatic rings. The Bertz CT molecular complexity index is 1140. The summed E-state index contributed by atoms with van der Waals surface area (Å²) in [6.07, 6.45) is 8.55. The molecule has 0 amide bonds. The van der Waals surface area contributed by atoms with Crippen LogP contribution in [0.1, 0.15) is 65.0 Å². The minimum absolute atomic E-state index is 0.191. The summed E-state index contributed by atoms with van der Waals surface area (Å²) in [6.45, 7) is 15.1. The van der Waals surface area contributed by atoms with Gasteiger partial charge in [0.05, 0.1) is 6.04 Å². The minimum Gasteiger partial charge on any atom is -0.363 e. The smallest absolute Gasteiger partial charge is 0.0573 e. The fraction of sp³-hybridized carbons (Fsp3) is 0.419. The van der Waals surface area contributed by atoms with E-state index in [1.54, 1.807) is 5.57 Å². The molecule has 1 saturated heterocycles. The second-order valence-electron chi connectivity index (χ2n) is 11.0. The van der Waals surface area contributed by atoms with Crippen LogP contribution in [0.2, 0.25) is 0 Å². The Morgan fingerprint density at radius 2 is 1.72 bits per heavy atom. The first-order chi connectivity index (χ1) is 15.3. The van der Waals surface area contributed by atoms with Crippen molar-refractivity contribution in [1.82, 2.24) is 0 Å². The summed E-state index contributed by atoms with van der Waals surface area (Å²) in [4.78, 5) is 2.72. The fourth-order valence-electron chi connectivity index (χ4n) is 6.54. The van der Waals surface area contributed by atoms with Crippen LogP contribution in [-0.2, 0) is 0 Å². The van der Waals surface area contributed by atoms with Gasteiger partial charge in [0.15, 0.2) is 0 Å². The number of rotatable bonds is 3. The minimum atomic E-state index is 0.191. The highest BCUT2D eigenvalue weighted by Crippen LogP contribution is 2.54. The first-order valence-corrected chi connectivity index (χ1v) is 12.3. The number of fused-ring (bicyclic) bond motifs is 5. The van der Waals surface area contributed by atoms with Gasteiger partial charge in [-0.2, -0.15) is 0 Å². The van der Waals surface area contributed by atoms with Crippen molar-refractivity contribution < 1.29 is 0 Å². The van der Waals surface area contributed by atoms with Crippen molar-refractivity contribution >= 4 is 11.3 Å². The molecule has 2 aromatic carbocycles. The molecule has 0 N–H and O–H groups in total. The van der Waals surface area contributed by atoms with Gasteiger partial charge in [-0.1, -0.05) is 85.5 Å². The van der Waals surface area contributed by atoms with Crippen molar-refractivity contribution in [2.45, 2.75) is 66.8 Å². The van der Waals surface area contributed by atoms with Gasteiger partial charge in [0, 0.05) is 23.2 Å². The highest BCUT2D eigenvalue weighted by Gasteiger charge is 2.47. The topological polar surface area (TPSA) is 3.24 Å². The molecule has 0 saturated carbocycles. The molecule has 5 rings (SSSR count). The van der Waals surface area contributed by atoms with Crippen LogP contribution in [0, 0.1) is 18.3 Å². The highest BCUT2D eigenvalue weighted by atomic mass is 15.2. The van der Waals surface area contributed by atoms with E-state index in [0.29, 0.717) is 12.0 Å². The molecule has 2 aliphatic heterocycles. The third-order valence-corrected chi connectivity index (χ3v) is 7.89. The Balaban J connectivity index is 1.63. The van der Waals surface area contributed by atoms with Gasteiger partial charge in [0.1, 0.15) is 0 Å². The van der Waals surface area contributed by atoms with Crippen molar-refractivity contribution in [3.63, 3.8) is 0 Å². The Labute approximate surface area is 194 Å². The molecule has 2 unspecified atom stereocenters. The fourth-order valence-corrected chi connectivity index (χ4v) is 6.54. The van der Waals surface area contributed by atoms with E-state index in [9.17, 15) is 0 Å². The molecule has 2 aromatic rings. The first kappa shape index (κ1) is 21.3. The lowest BCUT2D eigenvalue weighted by molar-refractivity contribution is 0.288. The van der Waals surface area contributed by atoms with E-state index >= 15 is 0 Å². The Morgan fingerprint density at radius 1 is 1.00 bits per heavy atom. The van der Waals surface area contributed by atoms with Gasteiger partial charge in [-0.05, 0) is 74.8 Å². The van der Waals surface area contributed by atoms with Crippen LogP contribution in [0.25, 0.3) is 16.7 Å². The van der Waals surface area contributed by atoms with Crippen LogP contribution in [0.15, 0.2) is 71.3 Å². The number of hydrogen-bond acceptors (Lipinski definition) is 1. The summed E-state index contributed by atoms with van der Waals surface area (Å²) in [7, 11) is 0. The molecular weight excluding hydrogens is 386 g/mol. The van der Waals surface area contributed by atoms with Crippen LogP contribution in [0.4, 0.5) is 5.69 Å². The standard InChI is InChI=1S/C31H37N/c1-20(2)15-26-18-30-31(6)19-22(4)16-23(5)28(31)13-14-32(30)29-12-11-25(17-27(26)29)24-9-7-21(3)8-10-24/h7-12,16-18,20,30H,13-15,19H2,1-6H3. The summed E-state index contributed by atoms with van der Waals surface area (Å²) >= 11 is 0. The molecule has 2 atom stereocenters. The number of anilines is 1. The number of aryl methyl sites for hydroxylation is 1. The first-order valence-electron chi connectivity index (χ1n) is 12.3. The summed E-state index contributed by atoms with van der Waals surface area (Å²) in [5.41, 5.74) is 13.3. The maximum Gasteiger partial charge on any atom is 0.0573 e. The van der Waals surface area contributed by atoms with E-state index in [1.807, 2.05) is 0 Å². The summed E-state index contributed by atoms with van der Waals surface area (Å²) in [6, 6.07) is 16.6. The molecule has 32 heavy (non-hydrogen) atoms. The highest BCUT2D eigenvalue weighted by molar-refractivity contribution is 5.85. The Morgan fingerprint density at radius 3 is 2.44 bits per heavy atom. The van der Waals surface area contributed by atoms with Gasteiger partial charge < -0.3 is 4.90 Å². The van der Waals surface area contributed by atoms with E-state index in [1.165, 1.54) is 57.5 Å². The molecule has 1 aliphatic carbocycles. The lowest BCUT2D eigenvalue weighted by atomic mass is 9.62.